The van der Waals surface area contributed by atoms with Gasteiger partial charge in [-0.25, -0.2) is 0 Å². The standard InChI is InChI=1S/C6H8BrN3O2/c7-6-3(2-9-10-6)4(8)1-5(11)12/h2,4H,1,8H2,(H,9,10)(H,11,12). The van der Waals surface area contributed by atoms with E-state index in [1.165, 1.54) is 6.20 Å². The van der Waals surface area contributed by atoms with Crippen molar-refractivity contribution >= 4 is 21.9 Å². The van der Waals surface area contributed by atoms with Gasteiger partial charge in [0.15, 0.2) is 0 Å². The van der Waals surface area contributed by atoms with Gasteiger partial charge in [-0.15, -0.1) is 0 Å². The van der Waals surface area contributed by atoms with Crippen LogP contribution in [-0.2, 0) is 4.79 Å². The minimum absolute atomic E-state index is 0.0991. The highest BCUT2D eigenvalue weighted by Crippen LogP contribution is 2.20. The van der Waals surface area contributed by atoms with E-state index in [9.17, 15) is 4.79 Å². The highest BCUT2D eigenvalue weighted by Gasteiger charge is 2.14. The smallest absolute Gasteiger partial charge is 0.305 e. The third-order valence-electron chi connectivity index (χ3n) is 1.41. The van der Waals surface area contributed by atoms with Gasteiger partial charge in [-0.05, 0) is 15.9 Å². The Hall–Kier alpha value is -0.880. The van der Waals surface area contributed by atoms with E-state index >= 15 is 0 Å². The second kappa shape index (κ2) is 3.68. The minimum Gasteiger partial charge on any atom is -0.481 e. The van der Waals surface area contributed by atoms with Crippen LogP contribution in [0.4, 0.5) is 0 Å². The lowest BCUT2D eigenvalue weighted by molar-refractivity contribution is -0.137. The molecule has 1 atom stereocenters. The molecular formula is C6H8BrN3O2. The van der Waals surface area contributed by atoms with E-state index in [-0.39, 0.29) is 6.42 Å². The summed E-state index contributed by atoms with van der Waals surface area (Å²) in [5.74, 6) is -0.921. The van der Waals surface area contributed by atoms with Crippen LogP contribution in [0.15, 0.2) is 10.8 Å². The summed E-state index contributed by atoms with van der Waals surface area (Å²) in [4.78, 5) is 10.3. The monoisotopic (exact) mass is 233 g/mol. The maximum atomic E-state index is 10.3. The Morgan fingerprint density at radius 2 is 2.58 bits per heavy atom. The van der Waals surface area contributed by atoms with Crippen molar-refractivity contribution in [2.75, 3.05) is 0 Å². The molecule has 12 heavy (non-hydrogen) atoms. The molecular weight excluding hydrogens is 226 g/mol. The average Bonchev–Trinajstić information content (AvgIpc) is 2.33. The SMILES string of the molecule is NC(CC(=O)O)c1cn[nH]c1Br. The number of halogens is 1. The summed E-state index contributed by atoms with van der Waals surface area (Å²) in [7, 11) is 0. The van der Waals surface area contributed by atoms with Crippen LogP contribution in [0, 0.1) is 0 Å². The predicted molar refractivity (Wildman–Crippen MR) is 45.5 cm³/mol. The zero-order valence-corrected chi connectivity index (χ0v) is 7.71. The van der Waals surface area contributed by atoms with Crippen LogP contribution in [0.25, 0.3) is 0 Å². The summed E-state index contributed by atoms with van der Waals surface area (Å²) in [5.41, 5.74) is 6.25. The van der Waals surface area contributed by atoms with Gasteiger partial charge in [0.05, 0.1) is 12.6 Å². The maximum absolute atomic E-state index is 10.3. The Morgan fingerprint density at radius 1 is 1.92 bits per heavy atom. The van der Waals surface area contributed by atoms with Crippen LogP contribution < -0.4 is 5.73 Å². The van der Waals surface area contributed by atoms with Gasteiger partial charge in [0.25, 0.3) is 0 Å². The minimum atomic E-state index is -0.921. The molecule has 5 nitrogen and oxygen atoms in total. The zero-order chi connectivity index (χ0) is 9.14. The first-order valence-corrected chi connectivity index (χ1v) is 4.06. The van der Waals surface area contributed by atoms with Crippen LogP contribution in [-0.4, -0.2) is 21.3 Å². The van der Waals surface area contributed by atoms with E-state index < -0.39 is 12.0 Å². The number of nitrogens with one attached hydrogen (secondary N) is 1. The molecule has 1 aromatic rings. The molecule has 0 spiro atoms. The largest absolute Gasteiger partial charge is 0.481 e. The molecule has 0 aromatic carbocycles. The Morgan fingerprint density at radius 3 is 3.00 bits per heavy atom. The number of aromatic nitrogens is 2. The molecule has 66 valence electrons. The zero-order valence-electron chi connectivity index (χ0n) is 6.12. The van der Waals surface area contributed by atoms with E-state index in [0.717, 1.165) is 0 Å². The summed E-state index contributed by atoms with van der Waals surface area (Å²) >= 11 is 3.17. The van der Waals surface area contributed by atoms with Crippen molar-refractivity contribution in [1.82, 2.24) is 10.2 Å². The summed E-state index contributed by atoms with van der Waals surface area (Å²) in [6.07, 6.45) is 1.41. The first kappa shape index (κ1) is 9.21. The molecule has 0 saturated heterocycles. The average molecular weight is 234 g/mol. The molecule has 1 rings (SSSR count). The van der Waals surface area contributed by atoms with Crippen LogP contribution >= 0.6 is 15.9 Å². The first-order valence-electron chi connectivity index (χ1n) is 3.27. The molecule has 1 aromatic heterocycles. The number of nitrogens with zero attached hydrogens (tertiary/aromatic N) is 1. The molecule has 0 amide bonds. The van der Waals surface area contributed by atoms with Gasteiger partial charge in [-0.2, -0.15) is 5.10 Å². The second-order valence-electron chi connectivity index (χ2n) is 2.34. The second-order valence-corrected chi connectivity index (χ2v) is 3.14. The van der Waals surface area contributed by atoms with Crippen molar-refractivity contribution in [3.63, 3.8) is 0 Å². The van der Waals surface area contributed by atoms with Gasteiger partial charge in [-0.1, -0.05) is 0 Å². The summed E-state index contributed by atoms with van der Waals surface area (Å²) in [6, 6.07) is -0.518. The number of carbonyl (C=O) groups is 1. The predicted octanol–water partition coefficient (Wildman–Crippen LogP) is 0.647. The number of hydrogen-bond acceptors (Lipinski definition) is 3. The normalized spacial score (nSPS) is 12.8. The molecule has 0 saturated carbocycles. The fourth-order valence-corrected chi connectivity index (χ4v) is 1.34. The third-order valence-corrected chi connectivity index (χ3v) is 2.05. The molecule has 0 aliphatic carbocycles. The Bertz CT molecular complexity index is 286. The molecule has 4 N–H and O–H groups in total. The van der Waals surface area contributed by atoms with Crippen molar-refractivity contribution in [1.29, 1.82) is 0 Å². The fourth-order valence-electron chi connectivity index (χ4n) is 0.836. The van der Waals surface area contributed by atoms with E-state index in [4.69, 9.17) is 10.8 Å². The Labute approximate surface area is 77.1 Å². The number of aromatic amines is 1. The molecule has 1 heterocycles. The molecule has 0 bridgehead atoms. The number of H-pyrrole nitrogens is 1. The molecule has 0 fully saturated rings. The topological polar surface area (TPSA) is 92.0 Å². The van der Waals surface area contributed by atoms with E-state index in [2.05, 4.69) is 26.1 Å². The van der Waals surface area contributed by atoms with Gasteiger partial charge in [0.2, 0.25) is 0 Å². The van der Waals surface area contributed by atoms with Gasteiger partial charge >= 0.3 is 5.97 Å². The number of nitrogens with two attached hydrogens (primary N) is 1. The van der Waals surface area contributed by atoms with Gasteiger partial charge < -0.3 is 10.8 Å². The van der Waals surface area contributed by atoms with E-state index in [1.807, 2.05) is 0 Å². The Balaban J connectivity index is 2.71. The molecule has 1 unspecified atom stereocenters. The molecule has 0 aliphatic heterocycles. The van der Waals surface area contributed by atoms with E-state index in [1.54, 1.807) is 0 Å². The number of carboxylic acids is 1. The number of rotatable bonds is 3. The number of hydrogen-bond donors (Lipinski definition) is 3. The van der Waals surface area contributed by atoms with E-state index in [0.29, 0.717) is 10.2 Å². The van der Waals surface area contributed by atoms with Crippen molar-refractivity contribution in [3.8, 4) is 0 Å². The first-order chi connectivity index (χ1) is 5.61. The van der Waals surface area contributed by atoms with Crippen molar-refractivity contribution in [2.24, 2.45) is 5.73 Å². The lowest BCUT2D eigenvalue weighted by atomic mass is 10.1. The summed E-state index contributed by atoms with van der Waals surface area (Å²) in [5, 5.41) is 14.8. The maximum Gasteiger partial charge on any atom is 0.305 e. The van der Waals surface area contributed by atoms with Crippen molar-refractivity contribution in [2.45, 2.75) is 12.5 Å². The van der Waals surface area contributed by atoms with Crippen LogP contribution in [0.1, 0.15) is 18.0 Å². The van der Waals surface area contributed by atoms with Crippen LogP contribution in [0.2, 0.25) is 0 Å². The quantitative estimate of drug-likeness (QED) is 0.715. The molecule has 0 aliphatic rings. The lowest BCUT2D eigenvalue weighted by Gasteiger charge is -2.05. The fraction of sp³-hybridized carbons (Fsp3) is 0.333. The molecule has 0 radical (unpaired) electrons. The van der Waals surface area contributed by atoms with Crippen LogP contribution in [0.5, 0.6) is 0 Å². The number of aliphatic carboxylic acids is 1. The molecule has 6 heteroatoms. The highest BCUT2D eigenvalue weighted by molar-refractivity contribution is 9.10. The van der Waals surface area contributed by atoms with Gasteiger partial charge in [0, 0.05) is 11.6 Å². The third kappa shape index (κ3) is 2.05. The highest BCUT2D eigenvalue weighted by atomic mass is 79.9. The van der Waals surface area contributed by atoms with Crippen LogP contribution in [0.3, 0.4) is 0 Å². The Kier molecular flexibility index (Phi) is 2.83. The summed E-state index contributed by atoms with van der Waals surface area (Å²) in [6.45, 7) is 0. The van der Waals surface area contributed by atoms with Crippen molar-refractivity contribution in [3.05, 3.63) is 16.4 Å². The summed E-state index contributed by atoms with van der Waals surface area (Å²) < 4.78 is 0.635. The van der Waals surface area contributed by atoms with Gasteiger partial charge in [0.1, 0.15) is 4.60 Å². The number of carboxylic acid groups (broad SMARTS) is 1. The lowest BCUT2D eigenvalue weighted by Crippen LogP contribution is -2.14. The van der Waals surface area contributed by atoms with Gasteiger partial charge in [-0.3, -0.25) is 9.89 Å². The van der Waals surface area contributed by atoms with Crippen molar-refractivity contribution < 1.29 is 9.90 Å².